The number of nitrogens with one attached hydrogen (secondary N) is 2. The number of piperidine rings is 1. The van der Waals surface area contributed by atoms with Crippen LogP contribution in [0, 0.1) is 5.92 Å². The fourth-order valence-corrected chi connectivity index (χ4v) is 3.22. The number of H-pyrrole nitrogens is 1. The molecule has 0 aliphatic carbocycles. The number of pyridine rings is 1. The molecule has 0 aromatic carbocycles. The van der Waals surface area contributed by atoms with Crippen LogP contribution in [-0.2, 0) is 4.79 Å². The number of anilines is 2. The van der Waals surface area contributed by atoms with Crippen molar-refractivity contribution in [1.82, 2.24) is 9.97 Å². The van der Waals surface area contributed by atoms with Crippen molar-refractivity contribution in [2.24, 2.45) is 11.7 Å². The number of fused-ring (bicyclic) bond motifs is 1. The van der Waals surface area contributed by atoms with Crippen LogP contribution in [0.25, 0.3) is 11.0 Å². The van der Waals surface area contributed by atoms with Crippen LogP contribution >= 0.6 is 11.6 Å². The van der Waals surface area contributed by atoms with E-state index in [1.165, 1.54) is 0 Å². The summed E-state index contributed by atoms with van der Waals surface area (Å²) in [5.41, 5.74) is 8.43. The Bertz CT molecular complexity index is 727. The smallest absolute Gasteiger partial charge is 0.226 e. The van der Waals surface area contributed by atoms with Gasteiger partial charge in [0.2, 0.25) is 5.91 Å². The van der Waals surface area contributed by atoms with Crippen molar-refractivity contribution in [3.05, 3.63) is 17.4 Å². The molecule has 1 aliphatic rings. The number of aromatic amines is 1. The first-order valence-corrected chi connectivity index (χ1v) is 8.32. The summed E-state index contributed by atoms with van der Waals surface area (Å²) in [6.07, 6.45) is 5.46. The lowest BCUT2D eigenvalue weighted by Crippen LogP contribution is -2.43. The summed E-state index contributed by atoms with van der Waals surface area (Å²) in [6, 6.07) is 0.135. The highest BCUT2D eigenvalue weighted by molar-refractivity contribution is 6.35. The highest BCUT2D eigenvalue weighted by Gasteiger charge is 2.24. The van der Waals surface area contributed by atoms with E-state index in [4.69, 9.17) is 17.3 Å². The van der Waals surface area contributed by atoms with Gasteiger partial charge in [0.1, 0.15) is 5.65 Å². The van der Waals surface area contributed by atoms with Gasteiger partial charge in [-0.2, -0.15) is 0 Å². The topological polar surface area (TPSA) is 87.0 Å². The number of aromatic nitrogens is 2. The predicted molar refractivity (Wildman–Crippen MR) is 94.0 cm³/mol. The molecule has 23 heavy (non-hydrogen) atoms. The maximum atomic E-state index is 12.1. The van der Waals surface area contributed by atoms with Crippen LogP contribution in [0.2, 0.25) is 5.02 Å². The van der Waals surface area contributed by atoms with E-state index >= 15 is 0 Å². The van der Waals surface area contributed by atoms with Gasteiger partial charge >= 0.3 is 0 Å². The molecular formula is C16H22ClN5O. The van der Waals surface area contributed by atoms with Crippen molar-refractivity contribution < 1.29 is 4.79 Å². The molecule has 124 valence electrons. The lowest BCUT2D eigenvalue weighted by molar-refractivity contribution is -0.118. The van der Waals surface area contributed by atoms with Gasteiger partial charge in [-0.1, -0.05) is 25.4 Å². The number of nitrogens with two attached hydrogens (primary N) is 1. The molecule has 1 saturated heterocycles. The van der Waals surface area contributed by atoms with Crippen molar-refractivity contribution in [2.75, 3.05) is 23.3 Å². The van der Waals surface area contributed by atoms with Crippen molar-refractivity contribution in [1.29, 1.82) is 0 Å². The standard InChI is InChI=1S/C16H22ClN5O/c1-9(2)16(23)21-12-7-20-15-13(12)14(11(17)6-19-15)22-5-3-4-10(18)8-22/h6-7,9-10H,3-5,8,18H2,1-2H3,(H,19,20)(H,21,23). The van der Waals surface area contributed by atoms with Gasteiger partial charge in [0.05, 0.1) is 28.0 Å². The molecule has 0 spiro atoms. The molecule has 1 fully saturated rings. The van der Waals surface area contributed by atoms with E-state index in [0.29, 0.717) is 16.4 Å². The van der Waals surface area contributed by atoms with Gasteiger partial charge in [0, 0.05) is 31.2 Å². The van der Waals surface area contributed by atoms with E-state index in [-0.39, 0.29) is 17.9 Å². The maximum Gasteiger partial charge on any atom is 0.226 e. The Hall–Kier alpha value is -1.79. The molecule has 0 radical (unpaired) electrons. The molecule has 1 amide bonds. The maximum absolute atomic E-state index is 12.1. The first kappa shape index (κ1) is 16.1. The summed E-state index contributed by atoms with van der Waals surface area (Å²) in [7, 11) is 0. The quantitative estimate of drug-likeness (QED) is 0.804. The molecule has 1 atom stereocenters. The molecule has 0 saturated carbocycles. The third-order valence-electron chi connectivity index (χ3n) is 4.19. The van der Waals surface area contributed by atoms with E-state index in [1.54, 1.807) is 12.4 Å². The third kappa shape index (κ3) is 3.14. The molecule has 1 aliphatic heterocycles. The van der Waals surface area contributed by atoms with Crippen molar-refractivity contribution in [2.45, 2.75) is 32.7 Å². The third-order valence-corrected chi connectivity index (χ3v) is 4.46. The Morgan fingerprint density at radius 2 is 2.35 bits per heavy atom. The fraction of sp³-hybridized carbons (Fsp3) is 0.500. The molecule has 7 heteroatoms. The number of carbonyl (C=O) groups excluding carboxylic acids is 1. The number of rotatable bonds is 3. The zero-order valence-corrected chi connectivity index (χ0v) is 14.2. The number of hydrogen-bond donors (Lipinski definition) is 3. The van der Waals surface area contributed by atoms with Gasteiger partial charge in [-0.05, 0) is 12.8 Å². The van der Waals surface area contributed by atoms with Gasteiger partial charge in [0.25, 0.3) is 0 Å². The Balaban J connectivity index is 2.06. The molecule has 6 nitrogen and oxygen atoms in total. The average molecular weight is 336 g/mol. The molecule has 2 aromatic rings. The Morgan fingerprint density at radius 1 is 1.57 bits per heavy atom. The molecular weight excluding hydrogens is 314 g/mol. The fourth-order valence-electron chi connectivity index (χ4n) is 2.95. The first-order chi connectivity index (χ1) is 11.0. The van der Waals surface area contributed by atoms with Crippen LogP contribution < -0.4 is 16.0 Å². The summed E-state index contributed by atoms with van der Waals surface area (Å²) >= 11 is 6.44. The van der Waals surface area contributed by atoms with Gasteiger partial charge in [-0.15, -0.1) is 0 Å². The molecule has 3 rings (SSSR count). The Morgan fingerprint density at radius 3 is 3.04 bits per heavy atom. The predicted octanol–water partition coefficient (Wildman–Crippen LogP) is 2.74. The monoisotopic (exact) mass is 335 g/mol. The van der Waals surface area contributed by atoms with Crippen LogP contribution in [-0.4, -0.2) is 35.0 Å². The van der Waals surface area contributed by atoms with Gasteiger partial charge < -0.3 is 20.9 Å². The van der Waals surface area contributed by atoms with E-state index in [9.17, 15) is 4.79 Å². The highest BCUT2D eigenvalue weighted by Crippen LogP contribution is 2.38. The largest absolute Gasteiger partial charge is 0.368 e. The van der Waals surface area contributed by atoms with E-state index in [1.807, 2.05) is 13.8 Å². The van der Waals surface area contributed by atoms with Crippen molar-refractivity contribution in [3.63, 3.8) is 0 Å². The second-order valence-electron chi connectivity index (χ2n) is 6.37. The molecule has 2 aromatic heterocycles. The number of carbonyl (C=O) groups is 1. The molecule has 0 bridgehead atoms. The van der Waals surface area contributed by atoms with Gasteiger partial charge in [-0.3, -0.25) is 4.79 Å². The summed E-state index contributed by atoms with van der Waals surface area (Å²) in [5, 5.41) is 4.38. The number of hydrogen-bond acceptors (Lipinski definition) is 4. The second kappa shape index (κ2) is 6.37. The average Bonchev–Trinajstić information content (AvgIpc) is 2.90. The summed E-state index contributed by atoms with van der Waals surface area (Å²) in [6.45, 7) is 5.37. The number of halogens is 1. The van der Waals surface area contributed by atoms with Gasteiger partial charge in [-0.25, -0.2) is 4.98 Å². The van der Waals surface area contributed by atoms with Crippen LogP contribution in [0.5, 0.6) is 0 Å². The van der Waals surface area contributed by atoms with Crippen LogP contribution in [0.3, 0.4) is 0 Å². The highest BCUT2D eigenvalue weighted by atomic mass is 35.5. The zero-order valence-electron chi connectivity index (χ0n) is 13.4. The Kier molecular flexibility index (Phi) is 4.46. The van der Waals surface area contributed by atoms with E-state index < -0.39 is 0 Å². The second-order valence-corrected chi connectivity index (χ2v) is 6.78. The van der Waals surface area contributed by atoms with Crippen LogP contribution in [0.15, 0.2) is 12.4 Å². The minimum absolute atomic E-state index is 0.0350. The number of nitrogens with zero attached hydrogens (tertiary/aromatic N) is 2. The van der Waals surface area contributed by atoms with Gasteiger partial charge in [0.15, 0.2) is 0 Å². The molecule has 4 N–H and O–H groups in total. The zero-order chi connectivity index (χ0) is 16.6. The van der Waals surface area contributed by atoms with Crippen molar-refractivity contribution in [3.8, 4) is 0 Å². The van der Waals surface area contributed by atoms with E-state index in [2.05, 4.69) is 20.2 Å². The molecule has 1 unspecified atom stereocenters. The summed E-state index contributed by atoms with van der Waals surface area (Å²) < 4.78 is 0. The summed E-state index contributed by atoms with van der Waals surface area (Å²) in [5.74, 6) is -0.133. The first-order valence-electron chi connectivity index (χ1n) is 7.94. The van der Waals surface area contributed by atoms with E-state index in [0.717, 1.165) is 37.0 Å². The normalized spacial score (nSPS) is 18.7. The van der Waals surface area contributed by atoms with Crippen LogP contribution in [0.4, 0.5) is 11.4 Å². The minimum atomic E-state index is -0.0982. The lowest BCUT2D eigenvalue weighted by Gasteiger charge is -2.33. The van der Waals surface area contributed by atoms with Crippen molar-refractivity contribution >= 4 is 39.9 Å². The number of amides is 1. The SMILES string of the molecule is CC(C)C(=O)Nc1c[nH]c2ncc(Cl)c(N3CCCC(N)C3)c12. The lowest BCUT2D eigenvalue weighted by atomic mass is 10.1. The minimum Gasteiger partial charge on any atom is -0.368 e. The Labute approximate surface area is 140 Å². The van der Waals surface area contributed by atoms with Crippen LogP contribution in [0.1, 0.15) is 26.7 Å². The molecule has 3 heterocycles. The summed E-state index contributed by atoms with van der Waals surface area (Å²) in [4.78, 5) is 21.7.